The van der Waals surface area contributed by atoms with Gasteiger partial charge in [-0.2, -0.15) is 22.6 Å². The monoisotopic (exact) mass is 626 g/mol. The van der Waals surface area contributed by atoms with E-state index in [1.807, 2.05) is 4.90 Å². The predicted octanol–water partition coefficient (Wildman–Crippen LogP) is 1.58. The molecule has 0 spiro atoms. The molecule has 3 aliphatic heterocycles. The van der Waals surface area contributed by atoms with Gasteiger partial charge < -0.3 is 20.2 Å². The Labute approximate surface area is 248 Å². The largest absolute Gasteiger partial charge is 0.416 e. The first-order chi connectivity index (χ1) is 20.3. The van der Waals surface area contributed by atoms with Crippen molar-refractivity contribution in [2.45, 2.75) is 70.1 Å². The zero-order valence-corrected chi connectivity index (χ0v) is 24.8. The summed E-state index contributed by atoms with van der Waals surface area (Å²) < 4.78 is 68.7. The third-order valence-electron chi connectivity index (χ3n) is 8.59. The lowest BCUT2D eigenvalue weighted by molar-refractivity contribution is -0.138. The van der Waals surface area contributed by atoms with Crippen molar-refractivity contribution in [3.05, 3.63) is 40.6 Å². The van der Waals surface area contributed by atoms with E-state index < -0.39 is 27.9 Å². The molecule has 1 unspecified atom stereocenters. The van der Waals surface area contributed by atoms with Gasteiger partial charge in [0, 0.05) is 81.5 Å². The van der Waals surface area contributed by atoms with Gasteiger partial charge in [-0.15, -0.1) is 0 Å². The van der Waals surface area contributed by atoms with E-state index in [0.717, 1.165) is 56.9 Å². The Bertz CT molecular complexity index is 1460. The fourth-order valence-corrected chi connectivity index (χ4v) is 7.26. The minimum Gasteiger partial charge on any atom is -0.390 e. The van der Waals surface area contributed by atoms with Crippen molar-refractivity contribution in [3.63, 3.8) is 0 Å². The first-order valence-electron chi connectivity index (χ1n) is 14.5. The van der Waals surface area contributed by atoms with Gasteiger partial charge in [-0.05, 0) is 37.0 Å². The number of nitrogens with one attached hydrogen (secondary N) is 1. The quantitative estimate of drug-likeness (QED) is 0.384. The number of likely N-dealkylation sites (tertiary alicyclic amines) is 2. The van der Waals surface area contributed by atoms with Crippen molar-refractivity contribution in [1.82, 2.24) is 29.2 Å². The molecule has 11 nitrogen and oxygen atoms in total. The van der Waals surface area contributed by atoms with E-state index in [9.17, 15) is 36.3 Å². The summed E-state index contributed by atoms with van der Waals surface area (Å²) in [5, 5.41) is 18.0. The van der Waals surface area contributed by atoms with Gasteiger partial charge in [0.05, 0.1) is 30.2 Å². The van der Waals surface area contributed by atoms with Gasteiger partial charge in [0.2, 0.25) is 22.3 Å². The Hall–Kier alpha value is -3.01. The van der Waals surface area contributed by atoms with Crippen LogP contribution in [0.5, 0.6) is 0 Å². The standard InChI is InChI=1S/C28H37F3N6O5S/c1-43(41,42)35-12-8-25-23(17-35)27(19-4-5-24(28(29,30)31)20(13-19)14-32-18-38)33-37(25)16-22(39)15-34-10-6-21(7-11-34)36-9-2-3-26(36)40/h4-5,13,18,21-22,39H,2-3,6-12,14-17H2,1H3,(H,32,38). The minimum absolute atomic E-state index is 0.00523. The van der Waals surface area contributed by atoms with Gasteiger partial charge >= 0.3 is 6.18 Å². The molecule has 2 fully saturated rings. The molecule has 2 amide bonds. The van der Waals surface area contributed by atoms with Gasteiger partial charge in [-0.1, -0.05) is 6.07 Å². The predicted molar refractivity (Wildman–Crippen MR) is 151 cm³/mol. The topological polar surface area (TPSA) is 128 Å². The number of halogens is 3. The summed E-state index contributed by atoms with van der Waals surface area (Å²) >= 11 is 0. The van der Waals surface area contributed by atoms with Crippen LogP contribution in [-0.4, -0.2) is 101 Å². The molecule has 3 aliphatic rings. The van der Waals surface area contributed by atoms with Crippen molar-refractivity contribution in [3.8, 4) is 11.3 Å². The number of fused-ring (bicyclic) bond motifs is 1. The van der Waals surface area contributed by atoms with E-state index in [-0.39, 0.29) is 43.7 Å². The molecule has 1 atom stereocenters. The number of hydrogen-bond acceptors (Lipinski definition) is 7. The Kier molecular flexibility index (Phi) is 9.16. The molecule has 2 N–H and O–H groups in total. The van der Waals surface area contributed by atoms with Crippen LogP contribution < -0.4 is 5.32 Å². The van der Waals surface area contributed by atoms with Crippen LogP contribution in [-0.2, 0) is 51.8 Å². The highest BCUT2D eigenvalue weighted by atomic mass is 32.2. The summed E-state index contributed by atoms with van der Waals surface area (Å²) in [7, 11) is -3.54. The highest BCUT2D eigenvalue weighted by Gasteiger charge is 2.35. The molecule has 1 aromatic carbocycles. The number of aliphatic hydroxyl groups is 1. The van der Waals surface area contributed by atoms with Crippen LogP contribution in [0.4, 0.5) is 13.2 Å². The maximum Gasteiger partial charge on any atom is 0.416 e. The number of benzene rings is 1. The number of nitrogens with zero attached hydrogens (tertiary/aromatic N) is 5. The third-order valence-corrected chi connectivity index (χ3v) is 9.84. The van der Waals surface area contributed by atoms with Crippen molar-refractivity contribution >= 4 is 22.3 Å². The van der Waals surface area contributed by atoms with Crippen LogP contribution in [0.2, 0.25) is 0 Å². The molecule has 2 aromatic rings. The van der Waals surface area contributed by atoms with Gasteiger partial charge in [-0.3, -0.25) is 14.3 Å². The number of piperidine rings is 1. The number of aliphatic hydroxyl groups excluding tert-OH is 1. The van der Waals surface area contributed by atoms with Crippen molar-refractivity contribution in [2.24, 2.45) is 0 Å². The number of hydrogen-bond donors (Lipinski definition) is 2. The number of sulfonamides is 1. The maximum atomic E-state index is 13.7. The zero-order valence-electron chi connectivity index (χ0n) is 24.0. The first kappa shape index (κ1) is 31.4. The Morgan fingerprint density at radius 2 is 1.88 bits per heavy atom. The summed E-state index contributed by atoms with van der Waals surface area (Å²) in [6.45, 7) is 2.72. The average Bonchev–Trinajstić information content (AvgIpc) is 3.54. The molecule has 15 heteroatoms. The highest BCUT2D eigenvalue weighted by Crippen LogP contribution is 2.37. The Balaban J connectivity index is 1.37. The van der Waals surface area contributed by atoms with Crippen LogP contribution in [0, 0.1) is 0 Å². The van der Waals surface area contributed by atoms with Gasteiger partial charge in [-0.25, -0.2) is 8.42 Å². The Morgan fingerprint density at radius 3 is 2.51 bits per heavy atom. The highest BCUT2D eigenvalue weighted by molar-refractivity contribution is 7.88. The molecule has 0 aliphatic carbocycles. The normalized spacial score (nSPS) is 19.9. The van der Waals surface area contributed by atoms with Crippen molar-refractivity contribution < 1.29 is 36.3 Å². The number of alkyl halides is 3. The SMILES string of the molecule is CS(=O)(=O)N1CCc2c(c(-c3ccc(C(F)(F)F)c(CNC=O)c3)nn2CC(O)CN2CCC(N3CCCC3=O)CC2)C1. The second-order valence-corrected chi connectivity index (χ2v) is 13.5. The average molecular weight is 627 g/mol. The van der Waals surface area contributed by atoms with Crippen LogP contribution >= 0.6 is 0 Å². The molecule has 236 valence electrons. The second kappa shape index (κ2) is 12.5. The molecule has 0 radical (unpaired) electrons. The number of amides is 2. The zero-order chi connectivity index (χ0) is 30.9. The summed E-state index contributed by atoms with van der Waals surface area (Å²) in [5.41, 5.74) is 0.976. The molecule has 4 heterocycles. The summed E-state index contributed by atoms with van der Waals surface area (Å²) in [6.07, 6.45) is -0.467. The number of carbonyl (C=O) groups is 2. The maximum absolute atomic E-state index is 13.7. The smallest absolute Gasteiger partial charge is 0.390 e. The third kappa shape index (κ3) is 7.05. The molecule has 5 rings (SSSR count). The fraction of sp³-hybridized carbons (Fsp3) is 0.607. The number of carbonyl (C=O) groups excluding carboxylic acids is 2. The molecule has 0 bridgehead atoms. The number of β-amino-alcohol motifs (C(OH)–C–C–N with tert-alkyl or cyclic N) is 1. The van der Waals surface area contributed by atoms with Crippen LogP contribution in [0.1, 0.15) is 48.1 Å². The van der Waals surface area contributed by atoms with Crippen molar-refractivity contribution in [2.75, 3.05) is 39.0 Å². The lowest BCUT2D eigenvalue weighted by atomic mass is 9.97. The molecular formula is C28H37F3N6O5S. The van der Waals surface area contributed by atoms with Crippen molar-refractivity contribution in [1.29, 1.82) is 0 Å². The lowest BCUT2D eigenvalue weighted by Crippen LogP contribution is -2.47. The summed E-state index contributed by atoms with van der Waals surface area (Å²) in [4.78, 5) is 27.1. The van der Waals surface area contributed by atoms with Crippen LogP contribution in [0.25, 0.3) is 11.3 Å². The van der Waals surface area contributed by atoms with Crippen LogP contribution in [0.15, 0.2) is 18.2 Å². The molecule has 0 saturated carbocycles. The minimum atomic E-state index is -4.63. The van der Waals surface area contributed by atoms with E-state index >= 15 is 0 Å². The second-order valence-electron chi connectivity index (χ2n) is 11.5. The van der Waals surface area contributed by atoms with E-state index in [0.29, 0.717) is 42.6 Å². The van der Waals surface area contributed by atoms with E-state index in [1.165, 1.54) is 16.4 Å². The molecule has 2 saturated heterocycles. The van der Waals surface area contributed by atoms with Gasteiger partial charge in [0.15, 0.2) is 0 Å². The van der Waals surface area contributed by atoms with Gasteiger partial charge in [0.1, 0.15) is 0 Å². The van der Waals surface area contributed by atoms with E-state index in [1.54, 1.807) is 4.68 Å². The summed E-state index contributed by atoms with van der Waals surface area (Å²) in [6, 6.07) is 3.79. The first-order valence-corrected chi connectivity index (χ1v) is 16.3. The number of aromatic nitrogens is 2. The fourth-order valence-electron chi connectivity index (χ4n) is 6.47. The number of rotatable bonds is 10. The lowest BCUT2D eigenvalue weighted by Gasteiger charge is -2.37. The molecule has 43 heavy (non-hydrogen) atoms. The van der Waals surface area contributed by atoms with Crippen LogP contribution in [0.3, 0.4) is 0 Å². The van der Waals surface area contributed by atoms with E-state index in [2.05, 4.69) is 10.2 Å². The molecular weight excluding hydrogens is 589 g/mol. The Morgan fingerprint density at radius 1 is 1.14 bits per heavy atom. The molecule has 1 aromatic heterocycles. The summed E-state index contributed by atoms with van der Waals surface area (Å²) in [5.74, 6) is 0.215. The van der Waals surface area contributed by atoms with E-state index in [4.69, 9.17) is 5.10 Å². The van der Waals surface area contributed by atoms with Gasteiger partial charge in [0.25, 0.3) is 0 Å².